The van der Waals surface area contributed by atoms with Crippen LogP contribution < -0.4 is 4.98 Å². The normalized spacial score (nSPS) is 11.5. The SMILES string of the molecule is c1ccc2[nH]c3cc4nc[nH+]c4cc3nc2c1. The lowest BCUT2D eigenvalue weighted by atomic mass is 10.2. The Bertz CT molecular complexity index is 779. The quantitative estimate of drug-likeness (QED) is 0.462. The Hall–Kier alpha value is -2.49. The topological polar surface area (TPSA) is 55.7 Å². The molecular formula is C13H9N4+. The Morgan fingerprint density at radius 1 is 0.941 bits per heavy atom. The van der Waals surface area contributed by atoms with Crippen molar-refractivity contribution >= 4 is 33.1 Å². The first-order valence-electron chi connectivity index (χ1n) is 5.45. The minimum Gasteiger partial charge on any atom is -0.352 e. The van der Waals surface area contributed by atoms with Crippen LogP contribution in [-0.2, 0) is 0 Å². The Morgan fingerprint density at radius 3 is 2.88 bits per heavy atom. The Balaban J connectivity index is 2.23. The van der Waals surface area contributed by atoms with Gasteiger partial charge in [0.25, 0.3) is 6.33 Å². The Kier molecular flexibility index (Phi) is 1.53. The van der Waals surface area contributed by atoms with Gasteiger partial charge in [0.2, 0.25) is 5.52 Å². The van der Waals surface area contributed by atoms with E-state index in [4.69, 9.17) is 0 Å². The second kappa shape index (κ2) is 3.01. The third-order valence-corrected chi connectivity index (χ3v) is 2.95. The average molecular weight is 221 g/mol. The smallest absolute Gasteiger partial charge is 0.285 e. The standard InChI is InChI=1S/C13H8N4/c1-2-4-9-8(3-1)16-12-5-10-11(15-7-14-10)6-13(12)17-9/h1-7,16H/p+1. The molecule has 0 atom stereocenters. The maximum Gasteiger partial charge on any atom is 0.285 e. The lowest BCUT2D eigenvalue weighted by Crippen LogP contribution is -1.95. The minimum absolute atomic E-state index is 0.945. The molecule has 0 aliphatic carbocycles. The summed E-state index contributed by atoms with van der Waals surface area (Å²) in [6, 6.07) is 12.0. The lowest BCUT2D eigenvalue weighted by Gasteiger charge is -2.00. The molecule has 80 valence electrons. The van der Waals surface area contributed by atoms with Crippen molar-refractivity contribution in [2.45, 2.75) is 0 Å². The van der Waals surface area contributed by atoms with Gasteiger partial charge in [-0.25, -0.2) is 9.97 Å². The zero-order valence-electron chi connectivity index (χ0n) is 8.94. The van der Waals surface area contributed by atoms with E-state index in [1.54, 1.807) is 6.33 Å². The van der Waals surface area contributed by atoms with Gasteiger partial charge in [-0.1, -0.05) is 12.1 Å². The molecule has 4 heteroatoms. The average Bonchev–Trinajstić information content (AvgIpc) is 2.80. The largest absolute Gasteiger partial charge is 0.352 e. The molecule has 0 bridgehead atoms. The molecule has 0 fully saturated rings. The Morgan fingerprint density at radius 2 is 1.88 bits per heavy atom. The number of nitrogens with zero attached hydrogens (tertiary/aromatic N) is 2. The molecule has 0 spiro atoms. The molecule has 2 aromatic heterocycles. The molecule has 4 rings (SSSR count). The summed E-state index contributed by atoms with van der Waals surface area (Å²) in [5, 5.41) is 0. The first-order valence-corrected chi connectivity index (χ1v) is 5.45. The van der Waals surface area contributed by atoms with Crippen LogP contribution in [0.3, 0.4) is 0 Å². The first-order chi connectivity index (χ1) is 8.40. The van der Waals surface area contributed by atoms with E-state index in [1.165, 1.54) is 0 Å². The van der Waals surface area contributed by atoms with Gasteiger partial charge in [0.1, 0.15) is 0 Å². The number of imidazole rings is 1. The molecule has 0 radical (unpaired) electrons. The number of nitrogens with one attached hydrogen (secondary N) is 2. The summed E-state index contributed by atoms with van der Waals surface area (Å²) in [5.41, 5.74) is 5.91. The fourth-order valence-corrected chi connectivity index (χ4v) is 2.11. The first kappa shape index (κ1) is 8.64. The van der Waals surface area contributed by atoms with Gasteiger partial charge in [0.05, 0.1) is 22.1 Å². The summed E-state index contributed by atoms with van der Waals surface area (Å²) in [6.45, 7) is 0. The number of aromatic amines is 2. The third kappa shape index (κ3) is 1.21. The summed E-state index contributed by atoms with van der Waals surface area (Å²) >= 11 is 0. The summed E-state index contributed by atoms with van der Waals surface area (Å²) < 4.78 is 0. The number of benzene rings is 2. The summed E-state index contributed by atoms with van der Waals surface area (Å²) in [4.78, 5) is 15.3. The molecule has 0 saturated heterocycles. The van der Waals surface area contributed by atoms with Crippen LogP contribution in [0, 0.1) is 0 Å². The summed E-state index contributed by atoms with van der Waals surface area (Å²) in [5.74, 6) is 0. The van der Waals surface area contributed by atoms with Gasteiger partial charge in [-0.3, -0.25) is 0 Å². The van der Waals surface area contributed by atoms with Gasteiger partial charge >= 0.3 is 0 Å². The number of aromatic nitrogens is 4. The second-order valence-corrected chi connectivity index (χ2v) is 4.04. The van der Waals surface area contributed by atoms with Crippen molar-refractivity contribution in [3.05, 3.63) is 42.7 Å². The fourth-order valence-electron chi connectivity index (χ4n) is 2.11. The molecule has 0 aliphatic rings. The zero-order chi connectivity index (χ0) is 11.2. The maximum absolute atomic E-state index is 4.63. The van der Waals surface area contributed by atoms with E-state index < -0.39 is 0 Å². The van der Waals surface area contributed by atoms with Crippen molar-refractivity contribution in [1.82, 2.24) is 15.0 Å². The van der Waals surface area contributed by atoms with Crippen molar-refractivity contribution in [1.29, 1.82) is 0 Å². The number of fused-ring (bicyclic) bond motifs is 3. The van der Waals surface area contributed by atoms with Crippen molar-refractivity contribution in [2.75, 3.05) is 0 Å². The highest BCUT2D eigenvalue weighted by atomic mass is 14.9. The third-order valence-electron chi connectivity index (χ3n) is 2.95. The molecular weight excluding hydrogens is 212 g/mol. The van der Waals surface area contributed by atoms with E-state index in [0.717, 1.165) is 33.1 Å². The minimum atomic E-state index is 0.945. The number of H-pyrrole nitrogens is 2. The van der Waals surface area contributed by atoms with Crippen LogP contribution in [0.5, 0.6) is 0 Å². The molecule has 4 aromatic rings. The van der Waals surface area contributed by atoms with Gasteiger partial charge in [0.15, 0.2) is 5.52 Å². The van der Waals surface area contributed by atoms with Gasteiger partial charge < -0.3 is 4.98 Å². The molecule has 0 aliphatic heterocycles. The van der Waals surface area contributed by atoms with Gasteiger partial charge in [-0.05, 0) is 17.1 Å². The second-order valence-electron chi connectivity index (χ2n) is 4.04. The lowest BCUT2D eigenvalue weighted by molar-refractivity contribution is -0.344. The van der Waals surface area contributed by atoms with Crippen LogP contribution in [0.1, 0.15) is 0 Å². The number of hydrogen-bond donors (Lipinski definition) is 1. The highest BCUT2D eigenvalue weighted by Crippen LogP contribution is 2.19. The number of para-hydroxylation sites is 2. The van der Waals surface area contributed by atoms with Crippen molar-refractivity contribution in [2.24, 2.45) is 0 Å². The molecule has 2 N–H and O–H groups in total. The predicted octanol–water partition coefficient (Wildman–Crippen LogP) is 2.08. The van der Waals surface area contributed by atoms with Crippen LogP contribution in [-0.4, -0.2) is 15.0 Å². The predicted molar refractivity (Wildman–Crippen MR) is 65.5 cm³/mol. The summed E-state index contributed by atoms with van der Waals surface area (Å²) in [6.07, 6.45) is 1.70. The van der Waals surface area contributed by atoms with Crippen LogP contribution in [0.25, 0.3) is 33.1 Å². The molecule has 17 heavy (non-hydrogen) atoms. The Labute approximate surface area is 96.3 Å². The zero-order valence-corrected chi connectivity index (χ0v) is 8.94. The van der Waals surface area contributed by atoms with Crippen LogP contribution in [0.15, 0.2) is 42.7 Å². The van der Waals surface area contributed by atoms with Crippen LogP contribution >= 0.6 is 0 Å². The summed E-state index contributed by atoms with van der Waals surface area (Å²) in [7, 11) is 0. The van der Waals surface area contributed by atoms with Gasteiger partial charge in [-0.2, -0.15) is 0 Å². The molecule has 0 unspecified atom stereocenters. The van der Waals surface area contributed by atoms with E-state index >= 15 is 0 Å². The molecule has 2 aromatic carbocycles. The molecule has 4 nitrogen and oxygen atoms in total. The van der Waals surface area contributed by atoms with Crippen LogP contribution in [0.4, 0.5) is 0 Å². The molecule has 0 amide bonds. The van der Waals surface area contributed by atoms with E-state index in [1.807, 2.05) is 36.4 Å². The van der Waals surface area contributed by atoms with Crippen molar-refractivity contribution in [3.63, 3.8) is 0 Å². The number of hydrogen-bond acceptors (Lipinski definition) is 2. The van der Waals surface area contributed by atoms with Gasteiger partial charge in [0, 0.05) is 12.1 Å². The fraction of sp³-hybridized carbons (Fsp3) is 0. The van der Waals surface area contributed by atoms with E-state index in [0.29, 0.717) is 0 Å². The van der Waals surface area contributed by atoms with Crippen LogP contribution in [0.2, 0.25) is 0 Å². The highest BCUT2D eigenvalue weighted by Gasteiger charge is 2.08. The van der Waals surface area contributed by atoms with E-state index in [2.05, 4.69) is 19.9 Å². The van der Waals surface area contributed by atoms with E-state index in [-0.39, 0.29) is 0 Å². The van der Waals surface area contributed by atoms with Crippen molar-refractivity contribution < 1.29 is 4.98 Å². The molecule has 2 heterocycles. The highest BCUT2D eigenvalue weighted by molar-refractivity contribution is 5.93. The van der Waals surface area contributed by atoms with Gasteiger partial charge in [-0.15, -0.1) is 0 Å². The molecule has 0 saturated carbocycles. The monoisotopic (exact) mass is 221 g/mol. The maximum atomic E-state index is 4.63. The van der Waals surface area contributed by atoms with E-state index in [9.17, 15) is 0 Å². The van der Waals surface area contributed by atoms with Crippen molar-refractivity contribution in [3.8, 4) is 0 Å². The number of rotatable bonds is 0.